The molecular formula is C12H23Cl2N3O. The van der Waals surface area contributed by atoms with E-state index in [0.717, 1.165) is 38.0 Å². The third-order valence-corrected chi connectivity index (χ3v) is 3.26. The average molecular weight is 296 g/mol. The van der Waals surface area contributed by atoms with Crippen LogP contribution in [-0.4, -0.2) is 34.4 Å². The van der Waals surface area contributed by atoms with Crippen LogP contribution in [0.5, 0.6) is 0 Å². The van der Waals surface area contributed by atoms with Crippen molar-refractivity contribution in [2.45, 2.75) is 38.6 Å². The lowest BCUT2D eigenvalue weighted by atomic mass is 9.97. The van der Waals surface area contributed by atoms with Crippen molar-refractivity contribution in [2.75, 3.05) is 19.7 Å². The van der Waals surface area contributed by atoms with E-state index in [-0.39, 0.29) is 31.4 Å². The van der Waals surface area contributed by atoms with Gasteiger partial charge in [-0.15, -0.1) is 24.8 Å². The highest BCUT2D eigenvalue weighted by Gasteiger charge is 2.20. The molecule has 0 saturated carbocycles. The Kier molecular flexibility index (Phi) is 8.61. The summed E-state index contributed by atoms with van der Waals surface area (Å²) >= 11 is 0. The Bertz CT molecular complexity index is 338. The molecule has 0 amide bonds. The quantitative estimate of drug-likeness (QED) is 0.890. The van der Waals surface area contributed by atoms with Crippen molar-refractivity contribution in [1.29, 1.82) is 0 Å². The Balaban J connectivity index is 0.00000144. The van der Waals surface area contributed by atoms with Crippen molar-refractivity contribution in [1.82, 2.24) is 14.9 Å². The second-order valence-electron chi connectivity index (χ2n) is 4.39. The Morgan fingerprint density at radius 2 is 2.06 bits per heavy atom. The minimum atomic E-state index is 0. The highest BCUT2D eigenvalue weighted by molar-refractivity contribution is 5.85. The van der Waals surface area contributed by atoms with E-state index in [1.807, 2.05) is 0 Å². The number of aromatic nitrogens is 2. The monoisotopic (exact) mass is 295 g/mol. The van der Waals surface area contributed by atoms with Gasteiger partial charge in [-0.25, -0.2) is 4.98 Å². The molecule has 0 spiro atoms. The van der Waals surface area contributed by atoms with E-state index >= 15 is 0 Å². The summed E-state index contributed by atoms with van der Waals surface area (Å²) in [5, 5.41) is 12.4. The normalized spacial score (nSPS) is 15.9. The van der Waals surface area contributed by atoms with Crippen LogP contribution in [0, 0.1) is 0 Å². The molecule has 0 aliphatic carbocycles. The molecule has 2 N–H and O–H groups in total. The summed E-state index contributed by atoms with van der Waals surface area (Å²) in [6, 6.07) is 0. The number of nitrogens with one attached hydrogen (secondary N) is 1. The first-order valence-electron chi connectivity index (χ1n) is 6.22. The van der Waals surface area contributed by atoms with Crippen LogP contribution in [0.4, 0.5) is 0 Å². The lowest BCUT2D eigenvalue weighted by Crippen LogP contribution is -2.28. The van der Waals surface area contributed by atoms with Gasteiger partial charge in [-0.1, -0.05) is 6.92 Å². The van der Waals surface area contributed by atoms with Gasteiger partial charge in [-0.2, -0.15) is 0 Å². The fourth-order valence-corrected chi connectivity index (χ4v) is 2.35. The predicted octanol–water partition coefficient (Wildman–Crippen LogP) is 1.75. The molecule has 1 aromatic rings. The molecule has 0 aromatic carbocycles. The first kappa shape index (κ1) is 17.7. The van der Waals surface area contributed by atoms with Gasteiger partial charge in [-0.3, -0.25) is 0 Å². The van der Waals surface area contributed by atoms with Crippen LogP contribution in [0.25, 0.3) is 0 Å². The first-order chi connectivity index (χ1) is 7.85. The molecule has 2 rings (SSSR count). The number of aliphatic hydroxyl groups excluding tert-OH is 1. The molecule has 2 heterocycles. The van der Waals surface area contributed by atoms with Crippen LogP contribution in [0.15, 0.2) is 6.20 Å². The molecule has 0 radical (unpaired) electrons. The maximum absolute atomic E-state index is 9.06. The van der Waals surface area contributed by atoms with E-state index < -0.39 is 0 Å². The maximum Gasteiger partial charge on any atom is 0.112 e. The molecule has 4 nitrogen and oxygen atoms in total. The van der Waals surface area contributed by atoms with E-state index in [1.165, 1.54) is 5.82 Å². The summed E-state index contributed by atoms with van der Waals surface area (Å²) < 4.78 is 2.13. The van der Waals surface area contributed by atoms with E-state index in [9.17, 15) is 0 Å². The van der Waals surface area contributed by atoms with E-state index in [2.05, 4.69) is 23.0 Å². The van der Waals surface area contributed by atoms with Gasteiger partial charge in [0.25, 0.3) is 0 Å². The SMILES string of the molecule is CCc1cn(CCO)c(C2CCNCC2)n1.Cl.Cl. The zero-order valence-electron chi connectivity index (χ0n) is 10.8. The minimum Gasteiger partial charge on any atom is -0.395 e. The maximum atomic E-state index is 9.06. The number of aliphatic hydroxyl groups is 1. The van der Waals surface area contributed by atoms with Crippen molar-refractivity contribution in [3.8, 4) is 0 Å². The van der Waals surface area contributed by atoms with Crippen molar-refractivity contribution in [3.63, 3.8) is 0 Å². The average Bonchev–Trinajstić information content (AvgIpc) is 2.74. The number of hydrogen-bond donors (Lipinski definition) is 2. The van der Waals surface area contributed by atoms with Crippen molar-refractivity contribution in [2.24, 2.45) is 0 Å². The molecule has 18 heavy (non-hydrogen) atoms. The van der Waals surface area contributed by atoms with Crippen LogP contribution in [-0.2, 0) is 13.0 Å². The Morgan fingerprint density at radius 3 is 2.61 bits per heavy atom. The molecule has 0 bridgehead atoms. The smallest absolute Gasteiger partial charge is 0.112 e. The number of halogens is 2. The Labute approximate surface area is 121 Å². The summed E-state index contributed by atoms with van der Waals surface area (Å²) in [7, 11) is 0. The van der Waals surface area contributed by atoms with Crippen molar-refractivity contribution >= 4 is 24.8 Å². The van der Waals surface area contributed by atoms with Gasteiger partial charge in [0.15, 0.2) is 0 Å². The van der Waals surface area contributed by atoms with Gasteiger partial charge in [0.1, 0.15) is 5.82 Å². The Hall–Kier alpha value is -0.290. The molecular weight excluding hydrogens is 273 g/mol. The van der Waals surface area contributed by atoms with Gasteiger partial charge >= 0.3 is 0 Å². The van der Waals surface area contributed by atoms with Crippen LogP contribution in [0.3, 0.4) is 0 Å². The first-order valence-corrected chi connectivity index (χ1v) is 6.22. The van der Waals surface area contributed by atoms with Gasteiger partial charge in [-0.05, 0) is 32.4 Å². The number of nitrogens with zero attached hydrogens (tertiary/aromatic N) is 2. The fraction of sp³-hybridized carbons (Fsp3) is 0.750. The molecule has 106 valence electrons. The molecule has 0 atom stereocenters. The van der Waals surface area contributed by atoms with Gasteiger partial charge in [0.05, 0.1) is 12.3 Å². The second kappa shape index (κ2) is 8.75. The molecule has 1 aromatic heterocycles. The van der Waals surface area contributed by atoms with Crippen LogP contribution >= 0.6 is 24.8 Å². The molecule has 0 unspecified atom stereocenters. The number of aryl methyl sites for hydroxylation is 1. The Morgan fingerprint density at radius 1 is 1.39 bits per heavy atom. The third-order valence-electron chi connectivity index (χ3n) is 3.26. The van der Waals surface area contributed by atoms with Crippen LogP contribution < -0.4 is 5.32 Å². The summed E-state index contributed by atoms with van der Waals surface area (Å²) in [6.07, 6.45) is 5.38. The second-order valence-corrected chi connectivity index (χ2v) is 4.39. The fourth-order valence-electron chi connectivity index (χ4n) is 2.35. The van der Waals surface area contributed by atoms with E-state index in [4.69, 9.17) is 10.1 Å². The number of imidazole rings is 1. The number of piperidine rings is 1. The van der Waals surface area contributed by atoms with Crippen molar-refractivity contribution in [3.05, 3.63) is 17.7 Å². The van der Waals surface area contributed by atoms with E-state index in [0.29, 0.717) is 12.5 Å². The van der Waals surface area contributed by atoms with Crippen LogP contribution in [0.1, 0.15) is 37.2 Å². The molecule has 1 fully saturated rings. The molecule has 1 saturated heterocycles. The predicted molar refractivity (Wildman–Crippen MR) is 78.0 cm³/mol. The van der Waals surface area contributed by atoms with Gasteiger partial charge in [0.2, 0.25) is 0 Å². The molecule has 1 aliphatic heterocycles. The zero-order chi connectivity index (χ0) is 11.4. The minimum absolute atomic E-state index is 0. The summed E-state index contributed by atoms with van der Waals surface area (Å²) in [6.45, 7) is 5.15. The van der Waals surface area contributed by atoms with E-state index in [1.54, 1.807) is 0 Å². The number of rotatable bonds is 4. The largest absolute Gasteiger partial charge is 0.395 e. The lowest BCUT2D eigenvalue weighted by Gasteiger charge is -2.22. The van der Waals surface area contributed by atoms with Gasteiger partial charge in [0, 0.05) is 18.7 Å². The number of hydrogen-bond acceptors (Lipinski definition) is 3. The third kappa shape index (κ3) is 4.12. The lowest BCUT2D eigenvalue weighted by molar-refractivity contribution is 0.271. The highest BCUT2D eigenvalue weighted by atomic mass is 35.5. The standard InChI is InChI=1S/C12H21N3O.2ClH/c1-2-11-9-15(7-8-16)12(14-11)10-3-5-13-6-4-10;;/h9-10,13,16H,2-8H2,1H3;2*1H. The zero-order valence-corrected chi connectivity index (χ0v) is 12.4. The van der Waals surface area contributed by atoms with Gasteiger partial charge < -0.3 is 15.0 Å². The summed E-state index contributed by atoms with van der Waals surface area (Å²) in [5.41, 5.74) is 1.14. The molecule has 6 heteroatoms. The topological polar surface area (TPSA) is 50.1 Å². The van der Waals surface area contributed by atoms with Crippen LogP contribution in [0.2, 0.25) is 0 Å². The molecule has 1 aliphatic rings. The summed E-state index contributed by atoms with van der Waals surface area (Å²) in [4.78, 5) is 4.70. The highest BCUT2D eigenvalue weighted by Crippen LogP contribution is 2.24. The van der Waals surface area contributed by atoms with Crippen molar-refractivity contribution < 1.29 is 5.11 Å². The summed E-state index contributed by atoms with van der Waals surface area (Å²) in [5.74, 6) is 1.74.